The van der Waals surface area contributed by atoms with Gasteiger partial charge in [0.15, 0.2) is 9.84 Å². The molecule has 2 aromatic rings. The first-order chi connectivity index (χ1) is 9.98. The lowest BCUT2D eigenvalue weighted by Gasteiger charge is -2.23. The van der Waals surface area contributed by atoms with Crippen molar-refractivity contribution in [2.75, 3.05) is 11.5 Å². The molecule has 6 nitrogen and oxygen atoms in total. The maximum absolute atomic E-state index is 11.6. The highest BCUT2D eigenvalue weighted by atomic mass is 32.2. The Bertz CT molecular complexity index is 726. The summed E-state index contributed by atoms with van der Waals surface area (Å²) < 4.78 is 23.2. The van der Waals surface area contributed by atoms with E-state index >= 15 is 0 Å². The molecule has 0 bridgehead atoms. The summed E-state index contributed by atoms with van der Waals surface area (Å²) in [6.45, 7) is 2.44. The number of aromatic nitrogens is 3. The van der Waals surface area contributed by atoms with E-state index in [1.807, 2.05) is 37.3 Å². The van der Waals surface area contributed by atoms with Crippen LogP contribution in [0.25, 0.3) is 11.3 Å². The van der Waals surface area contributed by atoms with Crippen LogP contribution in [0.2, 0.25) is 0 Å². The first kappa shape index (κ1) is 14.2. The van der Waals surface area contributed by atoms with Crippen LogP contribution in [0.4, 0.5) is 0 Å². The van der Waals surface area contributed by atoms with Crippen molar-refractivity contribution in [1.82, 2.24) is 20.7 Å². The summed E-state index contributed by atoms with van der Waals surface area (Å²) in [5.74, 6) is 0.430. The van der Waals surface area contributed by atoms with Gasteiger partial charge in [0.2, 0.25) is 0 Å². The Morgan fingerprint density at radius 3 is 2.71 bits per heavy atom. The maximum Gasteiger partial charge on any atom is 0.152 e. The Morgan fingerprint density at radius 2 is 2.05 bits per heavy atom. The Balaban J connectivity index is 1.74. The van der Waals surface area contributed by atoms with Crippen molar-refractivity contribution in [3.63, 3.8) is 0 Å². The van der Waals surface area contributed by atoms with Gasteiger partial charge in [0.25, 0.3) is 0 Å². The molecule has 21 heavy (non-hydrogen) atoms. The van der Waals surface area contributed by atoms with Gasteiger partial charge in [0.1, 0.15) is 11.4 Å². The standard InChI is InChI=1S/C14H18N4O2S/c1-14(7-8-21(19,20)10-14)15-9-12-13(17-18-16-12)11-5-3-2-4-6-11/h2-6,15H,7-10H2,1H3,(H,16,17,18). The summed E-state index contributed by atoms with van der Waals surface area (Å²) in [7, 11) is -2.91. The van der Waals surface area contributed by atoms with Crippen molar-refractivity contribution in [1.29, 1.82) is 0 Å². The van der Waals surface area contributed by atoms with E-state index < -0.39 is 9.84 Å². The number of hydrogen-bond acceptors (Lipinski definition) is 5. The van der Waals surface area contributed by atoms with Crippen LogP contribution in [0.5, 0.6) is 0 Å². The predicted molar refractivity (Wildman–Crippen MR) is 80.3 cm³/mol. The molecule has 1 atom stereocenters. The van der Waals surface area contributed by atoms with E-state index in [1.165, 1.54) is 0 Å². The molecule has 1 aliphatic rings. The fourth-order valence-electron chi connectivity index (χ4n) is 2.65. The second kappa shape index (κ2) is 5.23. The molecule has 1 unspecified atom stereocenters. The molecular formula is C14H18N4O2S. The Kier molecular flexibility index (Phi) is 3.54. The summed E-state index contributed by atoms with van der Waals surface area (Å²) in [5.41, 5.74) is 2.21. The van der Waals surface area contributed by atoms with Crippen LogP contribution in [-0.4, -0.2) is 40.9 Å². The minimum Gasteiger partial charge on any atom is -0.305 e. The molecule has 0 radical (unpaired) electrons. The van der Waals surface area contributed by atoms with Crippen LogP contribution in [0.3, 0.4) is 0 Å². The van der Waals surface area contributed by atoms with E-state index in [2.05, 4.69) is 20.7 Å². The molecule has 2 heterocycles. The summed E-state index contributed by atoms with van der Waals surface area (Å²) >= 11 is 0. The maximum atomic E-state index is 11.6. The molecule has 1 aliphatic heterocycles. The van der Waals surface area contributed by atoms with Gasteiger partial charge in [-0.05, 0) is 13.3 Å². The highest BCUT2D eigenvalue weighted by Gasteiger charge is 2.38. The number of aromatic amines is 1. The van der Waals surface area contributed by atoms with E-state index in [0.29, 0.717) is 13.0 Å². The van der Waals surface area contributed by atoms with E-state index in [4.69, 9.17) is 0 Å². The summed E-state index contributed by atoms with van der Waals surface area (Å²) in [6, 6.07) is 9.80. The third kappa shape index (κ3) is 3.14. The fourth-order valence-corrected chi connectivity index (χ4v) is 4.77. The van der Waals surface area contributed by atoms with E-state index in [9.17, 15) is 8.42 Å². The Hall–Kier alpha value is -1.73. The second-order valence-electron chi connectivity index (χ2n) is 5.74. The number of sulfone groups is 1. The molecule has 3 rings (SSSR count). The number of rotatable bonds is 4. The monoisotopic (exact) mass is 306 g/mol. The van der Waals surface area contributed by atoms with Gasteiger partial charge in [-0.15, -0.1) is 0 Å². The van der Waals surface area contributed by atoms with Gasteiger partial charge in [-0.3, -0.25) is 0 Å². The van der Waals surface area contributed by atoms with Gasteiger partial charge in [-0.2, -0.15) is 15.4 Å². The van der Waals surface area contributed by atoms with Crippen molar-refractivity contribution in [3.8, 4) is 11.3 Å². The first-order valence-corrected chi connectivity index (χ1v) is 8.70. The summed E-state index contributed by atoms with van der Waals surface area (Å²) in [4.78, 5) is 0. The smallest absolute Gasteiger partial charge is 0.152 e. The van der Waals surface area contributed by atoms with E-state index in [-0.39, 0.29) is 17.0 Å². The van der Waals surface area contributed by atoms with Crippen LogP contribution in [-0.2, 0) is 16.4 Å². The average Bonchev–Trinajstić information content (AvgIpc) is 3.02. The van der Waals surface area contributed by atoms with Crippen LogP contribution in [0.1, 0.15) is 19.0 Å². The van der Waals surface area contributed by atoms with Crippen LogP contribution in [0, 0.1) is 0 Å². The Labute approximate surface area is 123 Å². The highest BCUT2D eigenvalue weighted by Crippen LogP contribution is 2.24. The molecule has 0 spiro atoms. The number of hydrogen-bond donors (Lipinski definition) is 2. The van der Waals surface area contributed by atoms with Crippen molar-refractivity contribution in [3.05, 3.63) is 36.0 Å². The van der Waals surface area contributed by atoms with Gasteiger partial charge < -0.3 is 5.32 Å². The topological polar surface area (TPSA) is 87.7 Å². The molecule has 1 aromatic carbocycles. The third-order valence-corrected chi connectivity index (χ3v) is 5.76. The zero-order chi connectivity index (χ0) is 14.9. The lowest BCUT2D eigenvalue weighted by Crippen LogP contribution is -2.43. The SMILES string of the molecule is CC1(NCc2n[nH]nc2-c2ccccc2)CCS(=O)(=O)C1. The number of H-pyrrole nitrogens is 1. The molecule has 1 saturated heterocycles. The van der Waals surface area contributed by atoms with Crippen molar-refractivity contribution in [2.45, 2.75) is 25.4 Å². The summed E-state index contributed by atoms with van der Waals surface area (Å²) in [5, 5.41) is 14.3. The van der Waals surface area contributed by atoms with Crippen LogP contribution < -0.4 is 5.32 Å². The molecule has 1 aromatic heterocycles. The molecule has 0 amide bonds. The number of nitrogens with one attached hydrogen (secondary N) is 2. The van der Waals surface area contributed by atoms with Crippen LogP contribution in [0.15, 0.2) is 30.3 Å². The zero-order valence-electron chi connectivity index (χ0n) is 11.8. The fraction of sp³-hybridized carbons (Fsp3) is 0.429. The highest BCUT2D eigenvalue weighted by molar-refractivity contribution is 7.91. The molecule has 0 saturated carbocycles. The van der Waals surface area contributed by atoms with Gasteiger partial charge >= 0.3 is 0 Å². The minimum atomic E-state index is -2.91. The van der Waals surface area contributed by atoms with Crippen molar-refractivity contribution < 1.29 is 8.42 Å². The second-order valence-corrected chi connectivity index (χ2v) is 7.93. The zero-order valence-corrected chi connectivity index (χ0v) is 12.7. The Morgan fingerprint density at radius 1 is 1.29 bits per heavy atom. The average molecular weight is 306 g/mol. The van der Waals surface area contributed by atoms with Gasteiger partial charge in [0.05, 0.1) is 11.5 Å². The van der Waals surface area contributed by atoms with Gasteiger partial charge in [-0.25, -0.2) is 8.42 Å². The third-order valence-electron chi connectivity index (χ3n) is 3.85. The van der Waals surface area contributed by atoms with E-state index in [1.54, 1.807) is 0 Å². The number of nitrogens with zero attached hydrogens (tertiary/aromatic N) is 2. The lowest BCUT2D eigenvalue weighted by molar-refractivity contribution is 0.393. The van der Waals surface area contributed by atoms with Gasteiger partial charge in [0, 0.05) is 17.6 Å². The lowest BCUT2D eigenvalue weighted by atomic mass is 10.0. The first-order valence-electron chi connectivity index (χ1n) is 6.88. The minimum absolute atomic E-state index is 0.179. The molecular weight excluding hydrogens is 288 g/mol. The largest absolute Gasteiger partial charge is 0.305 e. The van der Waals surface area contributed by atoms with Crippen molar-refractivity contribution in [2.24, 2.45) is 0 Å². The molecule has 1 fully saturated rings. The number of benzene rings is 1. The molecule has 7 heteroatoms. The van der Waals surface area contributed by atoms with Gasteiger partial charge in [-0.1, -0.05) is 30.3 Å². The van der Waals surface area contributed by atoms with E-state index in [0.717, 1.165) is 17.0 Å². The quantitative estimate of drug-likeness (QED) is 0.884. The van der Waals surface area contributed by atoms with Crippen molar-refractivity contribution >= 4 is 9.84 Å². The molecule has 2 N–H and O–H groups in total. The molecule has 112 valence electrons. The predicted octanol–water partition coefficient (Wildman–Crippen LogP) is 1.14. The molecule has 0 aliphatic carbocycles. The normalized spacial score (nSPS) is 24.2. The van der Waals surface area contributed by atoms with Crippen LogP contribution >= 0.6 is 0 Å². The summed E-state index contributed by atoms with van der Waals surface area (Å²) in [6.07, 6.45) is 0.633.